The van der Waals surface area contributed by atoms with Crippen LogP contribution in [0, 0.1) is 23.7 Å². The van der Waals surface area contributed by atoms with Crippen LogP contribution in [0.4, 0.5) is 0 Å². The Kier molecular flexibility index (Phi) is 3.98. The number of hydrogen-bond donors (Lipinski definition) is 0. The molecule has 0 radical (unpaired) electrons. The van der Waals surface area contributed by atoms with Gasteiger partial charge in [0.05, 0.1) is 18.2 Å². The van der Waals surface area contributed by atoms with Crippen molar-refractivity contribution in [3.63, 3.8) is 0 Å². The second-order valence-corrected chi connectivity index (χ2v) is 8.92. The van der Waals surface area contributed by atoms with E-state index in [9.17, 15) is 9.59 Å². The van der Waals surface area contributed by atoms with E-state index < -0.39 is 0 Å². The van der Waals surface area contributed by atoms with E-state index in [1.54, 1.807) is 6.20 Å². The van der Waals surface area contributed by atoms with Gasteiger partial charge < -0.3 is 9.80 Å². The van der Waals surface area contributed by atoms with Crippen molar-refractivity contribution in [3.8, 4) is 0 Å². The lowest BCUT2D eigenvalue weighted by Gasteiger charge is -2.39. The van der Waals surface area contributed by atoms with Crippen LogP contribution in [0.2, 0.25) is 0 Å². The van der Waals surface area contributed by atoms with Crippen molar-refractivity contribution in [2.75, 3.05) is 13.1 Å². The van der Waals surface area contributed by atoms with Gasteiger partial charge in [-0.3, -0.25) is 14.6 Å². The van der Waals surface area contributed by atoms with Gasteiger partial charge in [0.2, 0.25) is 11.8 Å². The molecule has 4 bridgehead atoms. The fourth-order valence-corrected chi connectivity index (χ4v) is 6.07. The van der Waals surface area contributed by atoms with Gasteiger partial charge in [-0.25, -0.2) is 0 Å². The maximum atomic E-state index is 13.3. The highest BCUT2D eigenvalue weighted by molar-refractivity contribution is 5.89. The van der Waals surface area contributed by atoms with E-state index in [2.05, 4.69) is 9.88 Å². The quantitative estimate of drug-likeness (QED) is 0.839. The zero-order valence-electron chi connectivity index (χ0n) is 15.2. The molecule has 2 amide bonds. The molecule has 3 saturated heterocycles. The van der Waals surface area contributed by atoms with Crippen LogP contribution in [-0.4, -0.2) is 45.7 Å². The summed E-state index contributed by atoms with van der Waals surface area (Å²) in [6.45, 7) is 2.00. The first-order valence-electron chi connectivity index (χ1n) is 10.1. The Bertz CT molecular complexity index is 692. The molecule has 5 heteroatoms. The lowest BCUT2D eigenvalue weighted by Crippen LogP contribution is -2.45. The minimum absolute atomic E-state index is 0.0923. The van der Waals surface area contributed by atoms with Crippen LogP contribution in [-0.2, 0) is 16.1 Å². The third-order valence-electron chi connectivity index (χ3n) is 7.03. The Morgan fingerprint density at radius 2 is 1.81 bits per heavy atom. The molecule has 3 aliphatic heterocycles. The summed E-state index contributed by atoms with van der Waals surface area (Å²) in [6, 6.07) is 6.18. The first kappa shape index (κ1) is 16.3. The number of likely N-dealkylation sites (tertiary alicyclic amines) is 1. The summed E-state index contributed by atoms with van der Waals surface area (Å²) in [7, 11) is 0. The van der Waals surface area contributed by atoms with Crippen molar-refractivity contribution in [1.29, 1.82) is 0 Å². The number of carbonyl (C=O) groups is 2. The molecule has 2 aliphatic carbocycles. The molecule has 6 rings (SSSR count). The topological polar surface area (TPSA) is 53.5 Å². The molecule has 3 atom stereocenters. The lowest BCUT2D eigenvalue weighted by molar-refractivity contribution is -0.138. The van der Waals surface area contributed by atoms with Gasteiger partial charge in [-0.15, -0.1) is 0 Å². The van der Waals surface area contributed by atoms with E-state index in [0.29, 0.717) is 31.5 Å². The SMILES string of the molecule is O=C1CC(C(=O)N2CC3CC4CC(C3)CC2C4)CN1Cc1ccccn1. The van der Waals surface area contributed by atoms with Crippen molar-refractivity contribution in [3.05, 3.63) is 30.1 Å². The second-order valence-electron chi connectivity index (χ2n) is 8.92. The van der Waals surface area contributed by atoms with Gasteiger partial charge in [0.15, 0.2) is 0 Å². The van der Waals surface area contributed by atoms with Crippen LogP contribution in [0.5, 0.6) is 0 Å². The van der Waals surface area contributed by atoms with Crippen molar-refractivity contribution in [1.82, 2.24) is 14.8 Å². The lowest BCUT2D eigenvalue weighted by atomic mass is 9.68. The maximum Gasteiger partial charge on any atom is 0.228 e. The third kappa shape index (κ3) is 2.91. The fraction of sp³-hybridized carbons (Fsp3) is 0.667. The summed E-state index contributed by atoms with van der Waals surface area (Å²) in [5.74, 6) is 2.52. The van der Waals surface area contributed by atoms with Gasteiger partial charge in [0, 0.05) is 31.7 Å². The van der Waals surface area contributed by atoms with Crippen molar-refractivity contribution >= 4 is 11.8 Å². The molecule has 4 heterocycles. The van der Waals surface area contributed by atoms with E-state index in [1.807, 2.05) is 23.1 Å². The van der Waals surface area contributed by atoms with Gasteiger partial charge >= 0.3 is 0 Å². The summed E-state index contributed by atoms with van der Waals surface area (Å²) in [5, 5.41) is 0. The highest BCUT2D eigenvalue weighted by Crippen LogP contribution is 2.47. The third-order valence-corrected chi connectivity index (χ3v) is 7.03. The first-order valence-corrected chi connectivity index (χ1v) is 10.1. The molecule has 1 aromatic heterocycles. The van der Waals surface area contributed by atoms with E-state index in [0.717, 1.165) is 24.1 Å². The number of hydrogen-bond acceptors (Lipinski definition) is 3. The van der Waals surface area contributed by atoms with E-state index in [-0.39, 0.29) is 17.7 Å². The summed E-state index contributed by atoms with van der Waals surface area (Å²) in [5.41, 5.74) is 0.889. The number of pyridine rings is 1. The smallest absolute Gasteiger partial charge is 0.228 e. The average molecular weight is 353 g/mol. The average Bonchev–Trinajstić information content (AvgIpc) is 2.87. The van der Waals surface area contributed by atoms with Crippen LogP contribution in [0.1, 0.15) is 44.2 Å². The minimum Gasteiger partial charge on any atom is -0.339 e. The molecule has 3 unspecified atom stereocenters. The Morgan fingerprint density at radius 1 is 1.04 bits per heavy atom. The molecule has 0 aromatic carbocycles. The highest BCUT2D eigenvalue weighted by atomic mass is 16.2. The first-order chi connectivity index (χ1) is 12.7. The molecule has 1 aromatic rings. The maximum absolute atomic E-state index is 13.3. The standard InChI is InChI=1S/C21H27N3O2/c25-20-10-17(12-23(20)13-18-3-1-2-4-22-18)21(26)24-11-16-6-14-5-15(7-16)9-19(24)8-14/h1-4,14-17,19H,5-13H2. The summed E-state index contributed by atoms with van der Waals surface area (Å²) in [6.07, 6.45) is 8.51. The molecule has 0 spiro atoms. The molecule has 5 aliphatic rings. The number of aromatic nitrogens is 1. The largest absolute Gasteiger partial charge is 0.339 e. The van der Waals surface area contributed by atoms with Crippen LogP contribution >= 0.6 is 0 Å². The molecule has 138 valence electrons. The molecule has 0 N–H and O–H groups in total. The second kappa shape index (κ2) is 6.36. The molecular weight excluding hydrogens is 326 g/mol. The number of nitrogens with zero attached hydrogens (tertiary/aromatic N) is 3. The number of amides is 2. The van der Waals surface area contributed by atoms with Gasteiger partial charge in [0.25, 0.3) is 0 Å². The van der Waals surface area contributed by atoms with E-state index in [1.165, 1.54) is 32.1 Å². The summed E-state index contributed by atoms with van der Waals surface area (Å²) >= 11 is 0. The Labute approximate surface area is 154 Å². The molecule has 26 heavy (non-hydrogen) atoms. The fourth-order valence-electron chi connectivity index (χ4n) is 6.07. The Balaban J connectivity index is 1.28. The predicted molar refractivity (Wildman–Crippen MR) is 96.8 cm³/mol. The number of carbonyl (C=O) groups excluding carboxylic acids is 2. The van der Waals surface area contributed by atoms with Crippen molar-refractivity contribution in [2.45, 2.75) is 51.1 Å². The van der Waals surface area contributed by atoms with Gasteiger partial charge in [-0.05, 0) is 62.0 Å². The summed E-state index contributed by atoms with van der Waals surface area (Å²) in [4.78, 5) is 34.1. The molecule has 2 saturated carbocycles. The van der Waals surface area contributed by atoms with Crippen LogP contribution in [0.15, 0.2) is 24.4 Å². The zero-order chi connectivity index (χ0) is 17.7. The highest BCUT2D eigenvalue weighted by Gasteiger charge is 2.46. The Hall–Kier alpha value is -1.91. The molecule has 5 nitrogen and oxygen atoms in total. The van der Waals surface area contributed by atoms with E-state index >= 15 is 0 Å². The van der Waals surface area contributed by atoms with Gasteiger partial charge in [-0.2, -0.15) is 0 Å². The monoisotopic (exact) mass is 353 g/mol. The van der Waals surface area contributed by atoms with Crippen molar-refractivity contribution in [2.24, 2.45) is 23.7 Å². The molecular formula is C21H27N3O2. The molecule has 5 fully saturated rings. The predicted octanol–water partition coefficient (Wildman–Crippen LogP) is 2.47. The van der Waals surface area contributed by atoms with Crippen LogP contribution in [0.3, 0.4) is 0 Å². The normalized spacial score (nSPS) is 35.8. The van der Waals surface area contributed by atoms with E-state index in [4.69, 9.17) is 0 Å². The number of fused-ring (bicyclic) bond motifs is 1. The Morgan fingerprint density at radius 3 is 2.54 bits per heavy atom. The summed E-state index contributed by atoms with van der Waals surface area (Å²) < 4.78 is 0. The number of rotatable bonds is 3. The van der Waals surface area contributed by atoms with Gasteiger partial charge in [0.1, 0.15) is 0 Å². The van der Waals surface area contributed by atoms with Gasteiger partial charge in [-0.1, -0.05) is 6.07 Å². The van der Waals surface area contributed by atoms with Crippen molar-refractivity contribution < 1.29 is 9.59 Å². The van der Waals surface area contributed by atoms with Crippen LogP contribution in [0.25, 0.3) is 0 Å². The minimum atomic E-state index is -0.165. The van der Waals surface area contributed by atoms with Crippen LogP contribution < -0.4 is 0 Å². The zero-order valence-corrected chi connectivity index (χ0v) is 15.2.